The summed E-state index contributed by atoms with van der Waals surface area (Å²) in [7, 11) is 1.71. The lowest BCUT2D eigenvalue weighted by Crippen LogP contribution is -2.58. The van der Waals surface area contributed by atoms with E-state index in [-0.39, 0.29) is 5.92 Å². The molecule has 0 bridgehead atoms. The smallest absolute Gasteiger partial charge is 0.0960 e. The highest BCUT2D eigenvalue weighted by molar-refractivity contribution is 5.32. The Hall–Kier alpha value is -0.800. The van der Waals surface area contributed by atoms with Gasteiger partial charge in [0.2, 0.25) is 0 Å². The van der Waals surface area contributed by atoms with Gasteiger partial charge >= 0.3 is 0 Å². The van der Waals surface area contributed by atoms with E-state index in [9.17, 15) is 5.11 Å². The largest absolute Gasteiger partial charge is 0.501 e. The topological polar surface area (TPSA) is 32.7 Å². The Morgan fingerprint density at radius 3 is 3.12 bits per heavy atom. The van der Waals surface area contributed by atoms with Crippen LogP contribution in [0.3, 0.4) is 0 Å². The molecule has 0 aromatic rings. The van der Waals surface area contributed by atoms with Gasteiger partial charge in [-0.1, -0.05) is 6.08 Å². The number of allylic oxidation sites excluding steroid dienone is 1. The van der Waals surface area contributed by atoms with E-state index in [2.05, 4.69) is 17.1 Å². The first-order valence-electron chi connectivity index (χ1n) is 6.53. The van der Waals surface area contributed by atoms with E-state index in [1.54, 1.807) is 7.11 Å². The number of aliphatic hydroxyl groups is 1. The summed E-state index contributed by atoms with van der Waals surface area (Å²) in [4.78, 5) is 2.44. The van der Waals surface area contributed by atoms with Crippen molar-refractivity contribution in [3.8, 4) is 0 Å². The number of fused-ring (bicyclic) bond motifs is 2. The second-order valence-electron chi connectivity index (χ2n) is 5.65. The lowest BCUT2D eigenvalue weighted by atomic mass is 9.72. The second-order valence-corrected chi connectivity index (χ2v) is 5.65. The summed E-state index contributed by atoms with van der Waals surface area (Å²) < 4.78 is 5.34. The first-order valence-corrected chi connectivity index (χ1v) is 6.53. The highest BCUT2D eigenvalue weighted by atomic mass is 16.5. The Balaban J connectivity index is 1.95. The van der Waals surface area contributed by atoms with Crippen LogP contribution in [0.2, 0.25) is 0 Å². The standard InChI is InChI=1S/C14H21NO2/c1-14(16)12-8-11(17-2)6-5-10(12)9-15-7-3-4-13(14)15/h5,8,12-13,16H,3-4,6-7,9H2,1-2H3/t12-,13-,14+/m1/s1. The van der Waals surface area contributed by atoms with E-state index in [1.807, 2.05) is 6.92 Å². The minimum Gasteiger partial charge on any atom is -0.501 e. The van der Waals surface area contributed by atoms with Crippen LogP contribution in [-0.2, 0) is 4.74 Å². The third-order valence-corrected chi connectivity index (χ3v) is 4.63. The maximum atomic E-state index is 10.9. The molecule has 0 radical (unpaired) electrons. The molecule has 0 aromatic heterocycles. The second kappa shape index (κ2) is 3.85. The van der Waals surface area contributed by atoms with E-state index < -0.39 is 5.60 Å². The predicted molar refractivity (Wildman–Crippen MR) is 66.5 cm³/mol. The summed E-state index contributed by atoms with van der Waals surface area (Å²) >= 11 is 0. The van der Waals surface area contributed by atoms with Crippen molar-refractivity contribution in [2.45, 2.75) is 37.8 Å². The monoisotopic (exact) mass is 235 g/mol. The minimum absolute atomic E-state index is 0.144. The molecule has 3 atom stereocenters. The average Bonchev–Trinajstić information content (AvgIpc) is 2.78. The van der Waals surface area contributed by atoms with Gasteiger partial charge < -0.3 is 9.84 Å². The molecule has 1 N–H and O–H groups in total. The fourth-order valence-corrected chi connectivity index (χ4v) is 3.70. The Kier molecular flexibility index (Phi) is 2.56. The van der Waals surface area contributed by atoms with E-state index in [1.165, 1.54) is 12.0 Å². The third kappa shape index (κ3) is 1.64. The van der Waals surface area contributed by atoms with Gasteiger partial charge in [-0.2, -0.15) is 0 Å². The minimum atomic E-state index is -0.648. The highest BCUT2D eigenvalue weighted by Gasteiger charge is 2.49. The molecule has 3 aliphatic rings. The zero-order valence-electron chi connectivity index (χ0n) is 10.6. The zero-order chi connectivity index (χ0) is 12.0. The van der Waals surface area contributed by atoms with Crippen LogP contribution in [0.1, 0.15) is 26.2 Å². The van der Waals surface area contributed by atoms with Gasteiger partial charge in [-0.25, -0.2) is 0 Å². The molecule has 0 aromatic carbocycles. The Labute approximate surface area is 103 Å². The SMILES string of the molecule is COC1=C[C@@H]2C(=CC1)CN1CCC[C@@H]1[C@@]2(C)O. The van der Waals surface area contributed by atoms with Gasteiger partial charge in [0.1, 0.15) is 0 Å². The Morgan fingerprint density at radius 2 is 2.35 bits per heavy atom. The van der Waals surface area contributed by atoms with Crippen LogP contribution < -0.4 is 0 Å². The number of hydrogen-bond acceptors (Lipinski definition) is 3. The van der Waals surface area contributed by atoms with Crippen LogP contribution >= 0.6 is 0 Å². The Morgan fingerprint density at radius 1 is 1.53 bits per heavy atom. The van der Waals surface area contributed by atoms with Gasteiger partial charge in [-0.3, -0.25) is 4.90 Å². The number of ether oxygens (including phenoxy) is 1. The van der Waals surface area contributed by atoms with Gasteiger partial charge in [-0.15, -0.1) is 0 Å². The zero-order valence-corrected chi connectivity index (χ0v) is 10.6. The summed E-state index contributed by atoms with van der Waals surface area (Å²) in [5.74, 6) is 1.14. The van der Waals surface area contributed by atoms with Gasteiger partial charge in [-0.05, 0) is 38.0 Å². The molecule has 2 aliphatic heterocycles. The van der Waals surface area contributed by atoms with Crippen molar-refractivity contribution < 1.29 is 9.84 Å². The fraction of sp³-hybridized carbons (Fsp3) is 0.714. The molecule has 3 nitrogen and oxygen atoms in total. The third-order valence-electron chi connectivity index (χ3n) is 4.63. The van der Waals surface area contributed by atoms with Crippen molar-refractivity contribution in [3.05, 3.63) is 23.5 Å². The molecule has 0 amide bonds. The number of hydrogen-bond donors (Lipinski definition) is 1. The molecule has 2 saturated heterocycles. The molecule has 0 saturated carbocycles. The molecule has 3 heteroatoms. The van der Waals surface area contributed by atoms with Crippen LogP contribution in [0.5, 0.6) is 0 Å². The lowest BCUT2D eigenvalue weighted by Gasteiger charge is -2.48. The molecule has 2 heterocycles. The van der Waals surface area contributed by atoms with E-state index >= 15 is 0 Å². The predicted octanol–water partition coefficient (Wildman–Crippen LogP) is 1.69. The van der Waals surface area contributed by atoms with Crippen LogP contribution in [0.4, 0.5) is 0 Å². The van der Waals surface area contributed by atoms with Gasteiger partial charge in [0.15, 0.2) is 0 Å². The molecule has 1 aliphatic carbocycles. The first kappa shape index (κ1) is 11.3. The normalized spacial score (nSPS) is 41.4. The maximum absolute atomic E-state index is 10.9. The first-order chi connectivity index (χ1) is 8.13. The molecule has 0 unspecified atom stereocenters. The van der Waals surface area contributed by atoms with Crippen molar-refractivity contribution in [1.29, 1.82) is 0 Å². The van der Waals surface area contributed by atoms with Crippen molar-refractivity contribution in [1.82, 2.24) is 4.90 Å². The molecule has 94 valence electrons. The van der Waals surface area contributed by atoms with Crippen molar-refractivity contribution >= 4 is 0 Å². The van der Waals surface area contributed by atoms with Gasteiger partial charge in [0, 0.05) is 24.9 Å². The van der Waals surface area contributed by atoms with E-state index in [0.717, 1.165) is 31.7 Å². The number of rotatable bonds is 1. The maximum Gasteiger partial charge on any atom is 0.0960 e. The quantitative estimate of drug-likeness (QED) is 0.702. The number of nitrogens with zero attached hydrogens (tertiary/aromatic N) is 1. The van der Waals surface area contributed by atoms with Crippen molar-refractivity contribution in [2.24, 2.45) is 5.92 Å². The molecule has 3 rings (SSSR count). The van der Waals surface area contributed by atoms with E-state index in [4.69, 9.17) is 4.74 Å². The van der Waals surface area contributed by atoms with Crippen molar-refractivity contribution in [2.75, 3.05) is 20.2 Å². The molecular formula is C14H21NO2. The summed E-state index contributed by atoms with van der Waals surface area (Å²) in [6, 6.07) is 0.317. The van der Waals surface area contributed by atoms with Crippen LogP contribution in [0.15, 0.2) is 23.5 Å². The van der Waals surface area contributed by atoms with Crippen LogP contribution in [-0.4, -0.2) is 41.8 Å². The number of methoxy groups -OCH3 is 1. The molecule has 17 heavy (non-hydrogen) atoms. The Bertz CT molecular complexity index is 384. The summed E-state index contributed by atoms with van der Waals surface area (Å²) in [6.45, 7) is 4.15. The van der Waals surface area contributed by atoms with Crippen molar-refractivity contribution in [3.63, 3.8) is 0 Å². The van der Waals surface area contributed by atoms with E-state index in [0.29, 0.717) is 6.04 Å². The summed E-state index contributed by atoms with van der Waals surface area (Å²) in [6.07, 6.45) is 7.57. The van der Waals surface area contributed by atoms with Crippen LogP contribution in [0.25, 0.3) is 0 Å². The molecular weight excluding hydrogens is 214 g/mol. The lowest BCUT2D eigenvalue weighted by molar-refractivity contribution is -0.0599. The summed E-state index contributed by atoms with van der Waals surface area (Å²) in [5, 5.41) is 10.9. The van der Waals surface area contributed by atoms with Crippen LogP contribution in [0, 0.1) is 5.92 Å². The number of piperidine rings is 1. The highest BCUT2D eigenvalue weighted by Crippen LogP contribution is 2.43. The average molecular weight is 235 g/mol. The van der Waals surface area contributed by atoms with Gasteiger partial charge in [0.25, 0.3) is 0 Å². The molecule has 2 fully saturated rings. The van der Waals surface area contributed by atoms with Gasteiger partial charge in [0.05, 0.1) is 18.5 Å². The summed E-state index contributed by atoms with van der Waals surface area (Å²) in [5.41, 5.74) is 0.721. The fourth-order valence-electron chi connectivity index (χ4n) is 3.70. The molecule has 0 spiro atoms.